The molecule has 0 radical (unpaired) electrons. The van der Waals surface area contributed by atoms with Crippen LogP contribution in [-0.2, 0) is 16.1 Å². The molecule has 0 unspecified atom stereocenters. The summed E-state index contributed by atoms with van der Waals surface area (Å²) in [5, 5.41) is 0. The van der Waals surface area contributed by atoms with Crippen molar-refractivity contribution in [2.24, 2.45) is 11.7 Å². The molecule has 2 amide bonds. The Labute approximate surface area is 171 Å². The fraction of sp³-hybridized carbons (Fsp3) is 0.391. The molecule has 6 heteroatoms. The number of benzene rings is 2. The summed E-state index contributed by atoms with van der Waals surface area (Å²) in [6.07, 6.45) is 0.599. The summed E-state index contributed by atoms with van der Waals surface area (Å²) in [4.78, 5) is 29.4. The number of methoxy groups -OCH3 is 1. The zero-order valence-corrected chi connectivity index (χ0v) is 16.9. The number of hydrogen-bond donors (Lipinski definition) is 1. The third kappa shape index (κ3) is 3.85. The van der Waals surface area contributed by atoms with Crippen LogP contribution >= 0.6 is 0 Å². The molecule has 2 heterocycles. The number of piperazine rings is 1. The molecule has 2 N–H and O–H groups in total. The Morgan fingerprint density at radius 1 is 1.21 bits per heavy atom. The van der Waals surface area contributed by atoms with E-state index >= 15 is 0 Å². The van der Waals surface area contributed by atoms with Gasteiger partial charge in [0, 0.05) is 19.1 Å². The molecule has 0 saturated carbocycles. The monoisotopic (exact) mass is 393 g/mol. The summed E-state index contributed by atoms with van der Waals surface area (Å²) in [5.74, 6) is 0.0706. The van der Waals surface area contributed by atoms with E-state index in [1.807, 2.05) is 35.2 Å². The van der Waals surface area contributed by atoms with E-state index in [0.717, 1.165) is 24.4 Å². The quantitative estimate of drug-likeness (QED) is 0.846. The first kappa shape index (κ1) is 19.5. The molecule has 2 aromatic rings. The van der Waals surface area contributed by atoms with Crippen LogP contribution in [0.25, 0.3) is 0 Å². The number of nitrogens with zero attached hydrogens (tertiary/aromatic N) is 2. The molecule has 2 saturated heterocycles. The van der Waals surface area contributed by atoms with Gasteiger partial charge in [-0.15, -0.1) is 0 Å². The fourth-order valence-electron chi connectivity index (χ4n) is 4.77. The summed E-state index contributed by atoms with van der Waals surface area (Å²) in [7, 11) is 1.61. The lowest BCUT2D eigenvalue weighted by Gasteiger charge is -2.40. The molecule has 152 valence electrons. The van der Waals surface area contributed by atoms with Crippen LogP contribution in [0.15, 0.2) is 48.5 Å². The van der Waals surface area contributed by atoms with Crippen molar-refractivity contribution >= 4 is 11.8 Å². The highest BCUT2D eigenvalue weighted by Gasteiger charge is 2.49. The molecule has 0 aromatic heterocycles. The van der Waals surface area contributed by atoms with Gasteiger partial charge in [-0.2, -0.15) is 0 Å². The minimum Gasteiger partial charge on any atom is -0.497 e. The van der Waals surface area contributed by atoms with Crippen molar-refractivity contribution in [3.8, 4) is 5.75 Å². The zero-order valence-electron chi connectivity index (χ0n) is 16.9. The minimum absolute atomic E-state index is 0.00865. The molecule has 2 aliphatic rings. The van der Waals surface area contributed by atoms with E-state index < -0.39 is 0 Å². The van der Waals surface area contributed by atoms with Gasteiger partial charge in [-0.05, 0) is 36.6 Å². The molecule has 2 fully saturated rings. The first-order valence-corrected chi connectivity index (χ1v) is 9.98. The van der Waals surface area contributed by atoms with Crippen LogP contribution < -0.4 is 10.5 Å². The van der Waals surface area contributed by atoms with Crippen LogP contribution in [0.1, 0.15) is 29.2 Å². The molecule has 0 aliphatic carbocycles. The smallest absolute Gasteiger partial charge is 0.237 e. The Hall–Kier alpha value is -2.86. The number of hydrogen-bond acceptors (Lipinski definition) is 4. The summed E-state index contributed by atoms with van der Waals surface area (Å²) in [6.45, 7) is 3.89. The highest BCUT2D eigenvalue weighted by atomic mass is 16.5. The van der Waals surface area contributed by atoms with E-state index in [0.29, 0.717) is 13.0 Å². The van der Waals surface area contributed by atoms with E-state index in [1.165, 1.54) is 11.1 Å². The van der Waals surface area contributed by atoms with Gasteiger partial charge in [-0.1, -0.05) is 42.0 Å². The second-order valence-corrected chi connectivity index (χ2v) is 8.08. The van der Waals surface area contributed by atoms with E-state index in [-0.39, 0.29) is 29.8 Å². The van der Waals surface area contributed by atoms with Crippen LogP contribution in [-0.4, -0.2) is 47.9 Å². The van der Waals surface area contributed by atoms with Crippen molar-refractivity contribution < 1.29 is 14.3 Å². The van der Waals surface area contributed by atoms with Crippen molar-refractivity contribution in [3.05, 3.63) is 65.2 Å². The van der Waals surface area contributed by atoms with Crippen molar-refractivity contribution in [2.75, 3.05) is 20.2 Å². The van der Waals surface area contributed by atoms with Gasteiger partial charge in [-0.25, -0.2) is 0 Å². The lowest BCUT2D eigenvalue weighted by atomic mass is 9.92. The van der Waals surface area contributed by atoms with Crippen LogP contribution in [0.2, 0.25) is 0 Å². The highest BCUT2D eigenvalue weighted by Crippen LogP contribution is 2.43. The molecular formula is C23H27N3O3. The third-order valence-electron chi connectivity index (χ3n) is 6.03. The molecule has 4 rings (SSSR count). The van der Waals surface area contributed by atoms with Crippen molar-refractivity contribution in [1.29, 1.82) is 0 Å². The van der Waals surface area contributed by atoms with Gasteiger partial charge in [-0.3, -0.25) is 14.5 Å². The summed E-state index contributed by atoms with van der Waals surface area (Å²) in [6, 6.07) is 15.6. The van der Waals surface area contributed by atoms with Gasteiger partial charge < -0.3 is 15.4 Å². The van der Waals surface area contributed by atoms with Gasteiger partial charge in [0.2, 0.25) is 11.8 Å². The number of rotatable bonds is 5. The molecule has 2 aromatic carbocycles. The van der Waals surface area contributed by atoms with Crippen molar-refractivity contribution in [2.45, 2.75) is 32.0 Å². The number of carbonyl (C=O) groups is 2. The Bertz CT molecular complexity index is 912. The predicted octanol–water partition coefficient (Wildman–Crippen LogP) is 2.26. The van der Waals surface area contributed by atoms with E-state index in [1.54, 1.807) is 7.11 Å². The summed E-state index contributed by atoms with van der Waals surface area (Å²) >= 11 is 0. The Kier molecular flexibility index (Phi) is 5.28. The summed E-state index contributed by atoms with van der Waals surface area (Å²) in [5.41, 5.74) is 9.08. The van der Waals surface area contributed by atoms with E-state index in [9.17, 15) is 9.59 Å². The Morgan fingerprint density at radius 3 is 2.62 bits per heavy atom. The standard InChI is InChI=1S/C23H27N3O3/c1-15-4-3-5-16(10-15)12-25-13-18-11-20(23(24)28)22(26(18)21(27)14-25)17-6-8-19(29-2)9-7-17/h3-10,18,20,22H,11-14H2,1-2H3,(H2,24,28)/t18-,20-,22-/m1/s1. The van der Waals surface area contributed by atoms with Gasteiger partial charge in [0.1, 0.15) is 5.75 Å². The topological polar surface area (TPSA) is 75.9 Å². The highest BCUT2D eigenvalue weighted by molar-refractivity contribution is 5.84. The number of nitrogens with two attached hydrogens (primary N) is 1. The van der Waals surface area contributed by atoms with Gasteiger partial charge in [0.25, 0.3) is 0 Å². The lowest BCUT2D eigenvalue weighted by Crippen LogP contribution is -2.54. The number of fused-ring (bicyclic) bond motifs is 1. The maximum atomic E-state index is 13.1. The largest absolute Gasteiger partial charge is 0.497 e. The summed E-state index contributed by atoms with van der Waals surface area (Å²) < 4.78 is 5.23. The Balaban J connectivity index is 1.57. The first-order valence-electron chi connectivity index (χ1n) is 9.98. The molecule has 2 aliphatic heterocycles. The Morgan fingerprint density at radius 2 is 1.97 bits per heavy atom. The number of aryl methyl sites for hydroxylation is 1. The van der Waals surface area contributed by atoms with E-state index in [2.05, 4.69) is 30.0 Å². The maximum absolute atomic E-state index is 13.1. The van der Waals surface area contributed by atoms with Crippen molar-refractivity contribution in [1.82, 2.24) is 9.80 Å². The van der Waals surface area contributed by atoms with Gasteiger partial charge in [0.05, 0.1) is 25.6 Å². The van der Waals surface area contributed by atoms with Crippen LogP contribution in [0, 0.1) is 12.8 Å². The number of amides is 2. The predicted molar refractivity (Wildman–Crippen MR) is 110 cm³/mol. The average molecular weight is 393 g/mol. The second-order valence-electron chi connectivity index (χ2n) is 8.08. The number of ether oxygens (including phenoxy) is 1. The fourth-order valence-corrected chi connectivity index (χ4v) is 4.77. The van der Waals surface area contributed by atoms with E-state index in [4.69, 9.17) is 10.5 Å². The van der Waals surface area contributed by atoms with Crippen LogP contribution in [0.4, 0.5) is 0 Å². The first-order chi connectivity index (χ1) is 14.0. The average Bonchev–Trinajstić information content (AvgIpc) is 3.08. The molecule has 0 bridgehead atoms. The third-order valence-corrected chi connectivity index (χ3v) is 6.03. The number of primary amides is 1. The maximum Gasteiger partial charge on any atom is 0.237 e. The molecule has 6 nitrogen and oxygen atoms in total. The number of carbonyl (C=O) groups excluding carboxylic acids is 2. The lowest BCUT2D eigenvalue weighted by molar-refractivity contribution is -0.141. The van der Waals surface area contributed by atoms with Gasteiger partial charge in [0.15, 0.2) is 0 Å². The second kappa shape index (κ2) is 7.87. The van der Waals surface area contributed by atoms with Crippen LogP contribution in [0.5, 0.6) is 5.75 Å². The van der Waals surface area contributed by atoms with Crippen LogP contribution in [0.3, 0.4) is 0 Å². The minimum atomic E-state index is -0.378. The molecule has 29 heavy (non-hydrogen) atoms. The van der Waals surface area contributed by atoms with Gasteiger partial charge >= 0.3 is 0 Å². The SMILES string of the molecule is COc1ccc([C@@H]2[C@H](C(N)=O)C[C@@H]3CN(Cc4cccc(C)c4)CC(=O)N32)cc1. The normalized spacial score (nSPS) is 24.4. The molecular weight excluding hydrogens is 366 g/mol. The zero-order chi connectivity index (χ0) is 20.5. The molecule has 0 spiro atoms. The molecule has 3 atom stereocenters. The van der Waals surface area contributed by atoms with Crippen molar-refractivity contribution in [3.63, 3.8) is 0 Å².